The zero-order valence-electron chi connectivity index (χ0n) is 9.41. The third kappa shape index (κ3) is 3.21. The first-order valence-electron chi connectivity index (χ1n) is 5.38. The van der Waals surface area contributed by atoms with Crippen molar-refractivity contribution in [2.75, 3.05) is 0 Å². The van der Waals surface area contributed by atoms with Gasteiger partial charge in [-0.3, -0.25) is 0 Å². The first-order chi connectivity index (χ1) is 8.18. The van der Waals surface area contributed by atoms with Crippen molar-refractivity contribution in [2.24, 2.45) is 0 Å². The van der Waals surface area contributed by atoms with Crippen LogP contribution in [0.15, 0.2) is 50.0 Å². The SMILES string of the molecule is C[C@H](NCc1occc1Br)c1ccccc1Br. The van der Waals surface area contributed by atoms with Gasteiger partial charge in [-0.15, -0.1) is 0 Å². The van der Waals surface area contributed by atoms with E-state index in [0.29, 0.717) is 6.54 Å². The van der Waals surface area contributed by atoms with Crippen LogP contribution in [0.4, 0.5) is 0 Å². The predicted octanol–water partition coefficient (Wildman–Crippen LogP) is 4.66. The second kappa shape index (κ2) is 5.85. The molecule has 2 rings (SSSR count). The van der Waals surface area contributed by atoms with E-state index in [2.05, 4.69) is 56.2 Å². The van der Waals surface area contributed by atoms with E-state index in [1.807, 2.05) is 18.2 Å². The molecule has 17 heavy (non-hydrogen) atoms. The van der Waals surface area contributed by atoms with Gasteiger partial charge in [-0.25, -0.2) is 0 Å². The maximum atomic E-state index is 5.36. The van der Waals surface area contributed by atoms with E-state index >= 15 is 0 Å². The molecule has 1 atom stereocenters. The van der Waals surface area contributed by atoms with Gasteiger partial charge in [0, 0.05) is 10.5 Å². The Kier molecular flexibility index (Phi) is 4.42. The summed E-state index contributed by atoms with van der Waals surface area (Å²) in [6.45, 7) is 2.84. The van der Waals surface area contributed by atoms with Crippen molar-refractivity contribution in [3.05, 3.63) is 56.9 Å². The van der Waals surface area contributed by atoms with Crippen LogP contribution in [0.1, 0.15) is 24.3 Å². The minimum atomic E-state index is 0.266. The Morgan fingerprint density at radius 2 is 1.94 bits per heavy atom. The highest BCUT2D eigenvalue weighted by molar-refractivity contribution is 9.10. The number of furan rings is 1. The quantitative estimate of drug-likeness (QED) is 0.860. The van der Waals surface area contributed by atoms with Gasteiger partial charge in [0.15, 0.2) is 0 Å². The lowest BCUT2D eigenvalue weighted by Crippen LogP contribution is -2.18. The van der Waals surface area contributed by atoms with E-state index in [0.717, 1.165) is 14.7 Å². The molecule has 0 saturated heterocycles. The van der Waals surface area contributed by atoms with Crippen molar-refractivity contribution in [1.82, 2.24) is 5.32 Å². The van der Waals surface area contributed by atoms with Crippen molar-refractivity contribution in [3.8, 4) is 0 Å². The summed E-state index contributed by atoms with van der Waals surface area (Å²) in [5.74, 6) is 0.920. The highest BCUT2D eigenvalue weighted by Crippen LogP contribution is 2.24. The Morgan fingerprint density at radius 1 is 1.18 bits per heavy atom. The Balaban J connectivity index is 2.01. The average molecular weight is 359 g/mol. The van der Waals surface area contributed by atoms with Crippen LogP contribution in [-0.2, 0) is 6.54 Å². The molecule has 0 bridgehead atoms. The summed E-state index contributed by atoms with van der Waals surface area (Å²) in [7, 11) is 0. The fraction of sp³-hybridized carbons (Fsp3) is 0.231. The van der Waals surface area contributed by atoms with Gasteiger partial charge in [-0.1, -0.05) is 34.1 Å². The van der Waals surface area contributed by atoms with Gasteiger partial charge < -0.3 is 9.73 Å². The van der Waals surface area contributed by atoms with Gasteiger partial charge >= 0.3 is 0 Å². The van der Waals surface area contributed by atoms with Crippen LogP contribution in [-0.4, -0.2) is 0 Å². The van der Waals surface area contributed by atoms with Crippen LogP contribution in [0.25, 0.3) is 0 Å². The Morgan fingerprint density at radius 3 is 2.59 bits per heavy atom. The molecule has 1 aromatic heterocycles. The number of nitrogens with one attached hydrogen (secondary N) is 1. The Labute approximate surface area is 118 Å². The van der Waals surface area contributed by atoms with Crippen LogP contribution in [0.2, 0.25) is 0 Å². The number of hydrogen-bond acceptors (Lipinski definition) is 2. The maximum absolute atomic E-state index is 5.36. The third-order valence-electron chi connectivity index (χ3n) is 2.63. The number of hydrogen-bond donors (Lipinski definition) is 1. The molecule has 1 aromatic carbocycles. The number of benzene rings is 1. The van der Waals surface area contributed by atoms with E-state index in [1.54, 1.807) is 6.26 Å². The molecule has 2 aromatic rings. The van der Waals surface area contributed by atoms with Crippen molar-refractivity contribution < 1.29 is 4.42 Å². The average Bonchev–Trinajstić information content (AvgIpc) is 2.72. The van der Waals surface area contributed by atoms with Gasteiger partial charge in [-0.2, -0.15) is 0 Å². The van der Waals surface area contributed by atoms with Crippen LogP contribution in [0.3, 0.4) is 0 Å². The minimum absolute atomic E-state index is 0.266. The van der Waals surface area contributed by atoms with Gasteiger partial charge in [-0.05, 0) is 40.5 Å². The monoisotopic (exact) mass is 357 g/mol. The van der Waals surface area contributed by atoms with Gasteiger partial charge in [0.2, 0.25) is 0 Å². The number of halogens is 2. The fourth-order valence-electron chi connectivity index (χ4n) is 1.63. The summed E-state index contributed by atoms with van der Waals surface area (Å²) in [5.41, 5.74) is 1.25. The molecule has 0 aliphatic heterocycles. The molecular formula is C13H13Br2NO. The van der Waals surface area contributed by atoms with Crippen molar-refractivity contribution in [1.29, 1.82) is 0 Å². The highest BCUT2D eigenvalue weighted by atomic mass is 79.9. The standard InChI is InChI=1S/C13H13Br2NO/c1-9(10-4-2-3-5-11(10)14)16-8-13-12(15)6-7-17-13/h2-7,9,16H,8H2,1H3/t9-/m0/s1. The summed E-state index contributed by atoms with van der Waals surface area (Å²) in [6, 6.07) is 10.4. The Bertz CT molecular complexity index is 496. The summed E-state index contributed by atoms with van der Waals surface area (Å²) in [6.07, 6.45) is 1.68. The summed E-state index contributed by atoms with van der Waals surface area (Å²) >= 11 is 7.00. The highest BCUT2D eigenvalue weighted by Gasteiger charge is 2.10. The van der Waals surface area contributed by atoms with Crippen LogP contribution in [0.5, 0.6) is 0 Å². The zero-order chi connectivity index (χ0) is 12.3. The predicted molar refractivity (Wildman–Crippen MR) is 75.8 cm³/mol. The fourth-order valence-corrected chi connectivity index (χ4v) is 2.60. The second-order valence-corrected chi connectivity index (χ2v) is 5.52. The van der Waals surface area contributed by atoms with Crippen molar-refractivity contribution in [2.45, 2.75) is 19.5 Å². The van der Waals surface area contributed by atoms with E-state index < -0.39 is 0 Å². The second-order valence-electron chi connectivity index (χ2n) is 3.82. The largest absolute Gasteiger partial charge is 0.467 e. The van der Waals surface area contributed by atoms with Crippen molar-refractivity contribution >= 4 is 31.9 Å². The molecule has 0 fully saturated rings. The van der Waals surface area contributed by atoms with Crippen LogP contribution >= 0.6 is 31.9 Å². The van der Waals surface area contributed by atoms with E-state index in [-0.39, 0.29) is 6.04 Å². The lowest BCUT2D eigenvalue weighted by molar-refractivity contribution is 0.458. The lowest BCUT2D eigenvalue weighted by atomic mass is 10.1. The molecule has 90 valence electrons. The first-order valence-corrected chi connectivity index (χ1v) is 6.96. The first kappa shape index (κ1) is 12.9. The third-order valence-corrected chi connectivity index (χ3v) is 4.06. The maximum Gasteiger partial charge on any atom is 0.131 e. The van der Waals surface area contributed by atoms with Gasteiger partial charge in [0.05, 0.1) is 17.3 Å². The van der Waals surface area contributed by atoms with Crippen molar-refractivity contribution in [3.63, 3.8) is 0 Å². The van der Waals surface area contributed by atoms with E-state index in [4.69, 9.17) is 4.42 Å². The molecule has 0 unspecified atom stereocenters. The number of rotatable bonds is 4. The molecule has 0 amide bonds. The zero-order valence-corrected chi connectivity index (χ0v) is 12.6. The van der Waals surface area contributed by atoms with E-state index in [9.17, 15) is 0 Å². The normalized spacial score (nSPS) is 12.6. The molecule has 1 N–H and O–H groups in total. The van der Waals surface area contributed by atoms with Gasteiger partial charge in [0.1, 0.15) is 5.76 Å². The summed E-state index contributed by atoms with van der Waals surface area (Å²) in [5, 5.41) is 3.43. The molecule has 0 saturated carbocycles. The molecule has 4 heteroatoms. The summed E-state index contributed by atoms with van der Waals surface area (Å²) < 4.78 is 7.49. The molecule has 1 heterocycles. The topological polar surface area (TPSA) is 25.2 Å². The van der Waals surface area contributed by atoms with E-state index in [1.165, 1.54) is 5.56 Å². The van der Waals surface area contributed by atoms with Crippen LogP contribution in [0, 0.1) is 0 Å². The molecule has 0 aliphatic rings. The molecule has 0 radical (unpaired) electrons. The lowest BCUT2D eigenvalue weighted by Gasteiger charge is -2.15. The molecule has 0 spiro atoms. The molecule has 0 aliphatic carbocycles. The molecule has 2 nitrogen and oxygen atoms in total. The molecular weight excluding hydrogens is 346 g/mol. The van der Waals surface area contributed by atoms with Crippen LogP contribution < -0.4 is 5.32 Å². The summed E-state index contributed by atoms with van der Waals surface area (Å²) in [4.78, 5) is 0. The Hall–Kier alpha value is -0.580. The van der Waals surface area contributed by atoms with Gasteiger partial charge in [0.25, 0.3) is 0 Å². The smallest absolute Gasteiger partial charge is 0.131 e. The minimum Gasteiger partial charge on any atom is -0.467 e.